The molecule has 0 spiro atoms. The molecular formula is C18H18FN6O2+. The highest BCUT2D eigenvalue weighted by Gasteiger charge is 2.43. The van der Waals surface area contributed by atoms with Crippen LogP contribution in [0.3, 0.4) is 0 Å². The Balaban J connectivity index is 1.59. The minimum atomic E-state index is -0.531. The zero-order chi connectivity index (χ0) is 18.7. The summed E-state index contributed by atoms with van der Waals surface area (Å²) < 4.78 is 21.4. The summed E-state index contributed by atoms with van der Waals surface area (Å²) in [6.45, 7) is 2.74. The van der Waals surface area contributed by atoms with Crippen molar-refractivity contribution in [2.45, 2.75) is 25.4 Å². The summed E-state index contributed by atoms with van der Waals surface area (Å²) >= 11 is 0. The van der Waals surface area contributed by atoms with Crippen molar-refractivity contribution in [2.24, 2.45) is 4.99 Å². The molecule has 3 aliphatic rings. The topological polar surface area (TPSA) is 77.0 Å². The standard InChI is InChI=1S/C18H17FN6O2/c1-10-11(6-7-27-10)13-8-25(22-21-13)16-17-23(2)18(26)15-12(19)4-3-5-14(15)24(17)9-20-16/h3-5,8-11H,6-7H2,1-2H3/p+1. The fourth-order valence-electron chi connectivity index (χ4n) is 3.97. The van der Waals surface area contributed by atoms with Crippen molar-refractivity contribution in [3.05, 3.63) is 47.3 Å². The summed E-state index contributed by atoms with van der Waals surface area (Å²) in [6, 6.07) is 4.62. The van der Waals surface area contributed by atoms with E-state index >= 15 is 0 Å². The maximum Gasteiger partial charge on any atom is 0.271 e. The van der Waals surface area contributed by atoms with Gasteiger partial charge in [0.05, 0.1) is 18.0 Å². The molecule has 0 saturated carbocycles. The summed E-state index contributed by atoms with van der Waals surface area (Å²) in [6.07, 6.45) is 4.47. The quantitative estimate of drug-likeness (QED) is 0.847. The predicted molar refractivity (Wildman–Crippen MR) is 93.6 cm³/mol. The molecule has 8 nitrogen and oxygen atoms in total. The van der Waals surface area contributed by atoms with Crippen LogP contribution in [0.25, 0.3) is 5.82 Å². The van der Waals surface area contributed by atoms with E-state index in [9.17, 15) is 9.18 Å². The molecule has 1 aromatic heterocycles. The number of hydrogen-bond donors (Lipinski definition) is 1. The van der Waals surface area contributed by atoms with Gasteiger partial charge in [-0.1, -0.05) is 11.3 Å². The van der Waals surface area contributed by atoms with Gasteiger partial charge in [0.15, 0.2) is 5.69 Å². The number of halogens is 1. The molecule has 5 rings (SSSR count). The molecule has 4 heterocycles. The van der Waals surface area contributed by atoms with E-state index < -0.39 is 11.7 Å². The monoisotopic (exact) mass is 369 g/mol. The van der Waals surface area contributed by atoms with Crippen molar-refractivity contribution < 1.29 is 18.8 Å². The molecule has 1 saturated heterocycles. The van der Waals surface area contributed by atoms with Gasteiger partial charge >= 0.3 is 0 Å². The van der Waals surface area contributed by atoms with Crippen LogP contribution in [0.2, 0.25) is 0 Å². The molecule has 0 aliphatic carbocycles. The van der Waals surface area contributed by atoms with Crippen molar-refractivity contribution in [3.8, 4) is 0 Å². The van der Waals surface area contributed by atoms with E-state index in [1.807, 2.05) is 13.1 Å². The number of carbonyl (C=O) groups excluding carboxylic acids is 1. The summed E-state index contributed by atoms with van der Waals surface area (Å²) in [5.41, 5.74) is 1.46. The molecule has 1 aromatic carbocycles. The van der Waals surface area contributed by atoms with Crippen LogP contribution >= 0.6 is 0 Å². The Morgan fingerprint density at radius 1 is 1.37 bits per heavy atom. The average Bonchev–Trinajstić information content (AvgIpc) is 3.37. The fourth-order valence-corrected chi connectivity index (χ4v) is 3.97. The van der Waals surface area contributed by atoms with Crippen LogP contribution in [-0.2, 0) is 4.74 Å². The van der Waals surface area contributed by atoms with Gasteiger partial charge in [-0.3, -0.25) is 9.69 Å². The van der Waals surface area contributed by atoms with Crippen LogP contribution in [0.4, 0.5) is 10.1 Å². The van der Waals surface area contributed by atoms with E-state index in [1.54, 1.807) is 30.2 Å². The van der Waals surface area contributed by atoms with E-state index in [2.05, 4.69) is 15.3 Å². The summed E-state index contributed by atoms with van der Waals surface area (Å²) in [4.78, 5) is 19.3. The number of aromatic nitrogens is 3. The third-order valence-corrected chi connectivity index (χ3v) is 5.42. The fraction of sp³-hybridized carbons (Fsp3) is 0.333. The average molecular weight is 369 g/mol. The summed E-state index contributed by atoms with van der Waals surface area (Å²) in [7, 11) is 1.62. The number of carbonyl (C=O) groups is 1. The molecule has 1 fully saturated rings. The number of ether oxygens (including phenoxy) is 1. The van der Waals surface area contributed by atoms with Gasteiger partial charge in [-0.05, 0) is 19.4 Å². The van der Waals surface area contributed by atoms with Crippen LogP contribution in [-0.4, -0.2) is 51.9 Å². The number of nitrogens with one attached hydrogen (secondary N) is 1. The zero-order valence-corrected chi connectivity index (χ0v) is 14.9. The number of benzene rings is 1. The van der Waals surface area contributed by atoms with Crippen LogP contribution in [0.5, 0.6) is 0 Å². The van der Waals surface area contributed by atoms with E-state index in [1.165, 1.54) is 11.0 Å². The first-order chi connectivity index (χ1) is 13.1. The predicted octanol–water partition coefficient (Wildman–Crippen LogP) is 0.737. The Bertz CT molecular complexity index is 1010. The van der Waals surface area contributed by atoms with Gasteiger partial charge in [0, 0.05) is 25.6 Å². The Kier molecular flexibility index (Phi) is 3.49. The second-order valence-corrected chi connectivity index (χ2v) is 6.93. The first-order valence-corrected chi connectivity index (χ1v) is 8.83. The van der Waals surface area contributed by atoms with Crippen LogP contribution in [0.1, 0.15) is 35.3 Å². The highest BCUT2D eigenvalue weighted by atomic mass is 19.1. The van der Waals surface area contributed by atoms with Gasteiger partial charge in [-0.2, -0.15) is 9.67 Å². The number of fused-ring (bicyclic) bond motifs is 3. The molecule has 2 aromatic rings. The Morgan fingerprint density at radius 3 is 3.00 bits per heavy atom. The van der Waals surface area contributed by atoms with Crippen LogP contribution < -0.4 is 4.90 Å². The molecule has 3 unspecified atom stereocenters. The van der Waals surface area contributed by atoms with E-state index in [0.29, 0.717) is 28.8 Å². The molecule has 9 heteroatoms. The molecule has 1 amide bonds. The van der Waals surface area contributed by atoms with Crippen molar-refractivity contribution >= 4 is 23.8 Å². The van der Waals surface area contributed by atoms with Crippen molar-refractivity contribution in [2.75, 3.05) is 13.7 Å². The molecule has 1 N–H and O–H groups in total. The van der Waals surface area contributed by atoms with E-state index in [4.69, 9.17) is 4.74 Å². The van der Waals surface area contributed by atoms with Gasteiger partial charge in [-0.25, -0.2) is 9.29 Å². The SMILES string of the molecule is CC1OCCC1c1cn(C2=C3N(C)C(=O)c4c(F)cccc4[NH+]3C=N2)nn1. The highest BCUT2D eigenvalue weighted by molar-refractivity contribution is 6.01. The maximum atomic E-state index is 14.2. The number of rotatable bonds is 2. The minimum Gasteiger partial charge on any atom is -0.378 e. The van der Waals surface area contributed by atoms with Gasteiger partial charge in [0.1, 0.15) is 11.4 Å². The van der Waals surface area contributed by atoms with Gasteiger partial charge in [0.2, 0.25) is 12.2 Å². The third-order valence-electron chi connectivity index (χ3n) is 5.42. The first-order valence-electron chi connectivity index (χ1n) is 8.83. The maximum absolute atomic E-state index is 14.2. The lowest BCUT2D eigenvalue weighted by Crippen LogP contribution is -3.06. The van der Waals surface area contributed by atoms with Crippen LogP contribution in [0.15, 0.2) is 35.2 Å². The Morgan fingerprint density at radius 2 is 2.22 bits per heavy atom. The van der Waals surface area contributed by atoms with Crippen molar-refractivity contribution in [3.63, 3.8) is 0 Å². The lowest BCUT2D eigenvalue weighted by Gasteiger charge is -2.28. The van der Waals surface area contributed by atoms with Crippen molar-refractivity contribution in [1.82, 2.24) is 19.9 Å². The highest BCUT2D eigenvalue weighted by Crippen LogP contribution is 2.31. The summed E-state index contributed by atoms with van der Waals surface area (Å²) in [5.74, 6) is 0.365. The summed E-state index contributed by atoms with van der Waals surface area (Å²) in [5, 5.41) is 8.50. The number of quaternary nitrogens is 1. The molecule has 0 bridgehead atoms. The smallest absolute Gasteiger partial charge is 0.271 e. The first kappa shape index (κ1) is 16.3. The lowest BCUT2D eigenvalue weighted by molar-refractivity contribution is -0.685. The molecule has 3 aliphatic heterocycles. The molecule has 138 valence electrons. The van der Waals surface area contributed by atoms with Gasteiger partial charge < -0.3 is 4.74 Å². The molecular weight excluding hydrogens is 351 g/mol. The number of aliphatic imine (C=N–C) groups is 1. The van der Waals surface area contributed by atoms with Crippen LogP contribution in [0, 0.1) is 5.82 Å². The third kappa shape index (κ3) is 2.28. The van der Waals surface area contributed by atoms with Gasteiger partial charge in [-0.15, -0.1) is 5.10 Å². The minimum absolute atomic E-state index is 0.0719. The molecule has 3 atom stereocenters. The van der Waals surface area contributed by atoms with E-state index in [-0.39, 0.29) is 17.6 Å². The lowest BCUT2D eigenvalue weighted by atomic mass is 10.00. The van der Waals surface area contributed by atoms with Gasteiger partial charge in [0.25, 0.3) is 11.7 Å². The Labute approximate surface area is 154 Å². The second-order valence-electron chi connectivity index (χ2n) is 6.93. The van der Waals surface area contributed by atoms with Crippen molar-refractivity contribution in [1.29, 1.82) is 0 Å². The number of hydrogen-bond acceptors (Lipinski definition) is 5. The van der Waals surface area contributed by atoms with E-state index in [0.717, 1.165) is 12.1 Å². The number of amides is 1. The molecule has 0 radical (unpaired) electrons. The molecule has 27 heavy (non-hydrogen) atoms. The second kappa shape index (κ2) is 5.80. The zero-order valence-electron chi connectivity index (χ0n) is 14.9. The Hall–Kier alpha value is -2.91. The number of nitrogens with zero attached hydrogens (tertiary/aromatic N) is 5. The normalized spacial score (nSPS) is 26.7. The largest absolute Gasteiger partial charge is 0.378 e.